The molecular formula is C55H102N2O14. The molecule has 1 heterocycles. The zero-order valence-electron chi connectivity index (χ0n) is 44.5. The second-order valence-electron chi connectivity index (χ2n) is 20.4. The van der Waals surface area contributed by atoms with Crippen LogP contribution >= 0.6 is 0 Å². The minimum atomic E-state index is -1.66. The number of hydrogen-bond acceptors (Lipinski definition) is 15. The first-order valence-corrected chi connectivity index (χ1v) is 28.3. The van der Waals surface area contributed by atoms with E-state index in [1.165, 1.54) is 96.3 Å². The second kappa shape index (κ2) is 43.9. The molecule has 71 heavy (non-hydrogen) atoms. The van der Waals surface area contributed by atoms with Crippen LogP contribution in [0, 0.1) is 0 Å². The van der Waals surface area contributed by atoms with E-state index >= 15 is 0 Å². The molecule has 16 heteroatoms. The predicted octanol–water partition coefficient (Wildman–Crippen LogP) is 8.11. The van der Waals surface area contributed by atoms with Gasteiger partial charge in [-0.2, -0.15) is 0 Å². The van der Waals surface area contributed by atoms with E-state index in [-0.39, 0.29) is 25.8 Å². The molecule has 0 spiro atoms. The zero-order valence-corrected chi connectivity index (χ0v) is 44.5. The molecule has 0 bridgehead atoms. The Bertz CT molecular complexity index is 1370. The molecule has 0 saturated carbocycles. The van der Waals surface area contributed by atoms with Gasteiger partial charge < -0.3 is 44.8 Å². The van der Waals surface area contributed by atoms with Gasteiger partial charge >= 0.3 is 11.9 Å². The highest BCUT2D eigenvalue weighted by molar-refractivity contribution is 5.84. The Hall–Kier alpha value is -2.41. The first kappa shape index (κ1) is 66.6. The molecule has 0 amide bonds. The highest BCUT2D eigenvalue weighted by Gasteiger charge is 2.48. The molecule has 0 radical (unpaired) electrons. The minimum Gasteiger partial charge on any atom is -0.480 e. The SMILES string of the molecule is CCCCCCCCCCC[C@@H](O)CC(=O)CN[C@H](CC(=O)OC1O[C@H](CO)[C@@H](O)[C@H](OCC(=O)C[C@H](O)CCCCCCCCCCC)[C@H]1NCC(=O)C[C@H](O)CCCCCCCCCCC)C(=O)O. The lowest BCUT2D eigenvalue weighted by molar-refractivity contribution is -0.270. The fourth-order valence-electron chi connectivity index (χ4n) is 9.20. The summed E-state index contributed by atoms with van der Waals surface area (Å²) in [6.45, 7) is 4.43. The van der Waals surface area contributed by atoms with Gasteiger partial charge in [-0.1, -0.05) is 194 Å². The summed E-state index contributed by atoms with van der Waals surface area (Å²) in [5.41, 5.74) is 0. The molecule has 9 atom stereocenters. The Labute approximate surface area is 427 Å². The van der Waals surface area contributed by atoms with Crippen molar-refractivity contribution in [3.63, 3.8) is 0 Å². The summed E-state index contributed by atoms with van der Waals surface area (Å²) in [6.07, 6.45) is 21.4. The van der Waals surface area contributed by atoms with Crippen molar-refractivity contribution in [2.24, 2.45) is 0 Å². The van der Waals surface area contributed by atoms with Gasteiger partial charge in [0.2, 0.25) is 6.29 Å². The summed E-state index contributed by atoms with van der Waals surface area (Å²) in [6, 6.07) is -2.89. The van der Waals surface area contributed by atoms with Crippen LogP contribution in [0.15, 0.2) is 0 Å². The molecule has 1 unspecified atom stereocenters. The van der Waals surface area contributed by atoms with Gasteiger partial charge in [-0.3, -0.25) is 34.6 Å². The van der Waals surface area contributed by atoms with Crippen molar-refractivity contribution in [1.82, 2.24) is 10.6 Å². The van der Waals surface area contributed by atoms with Crippen molar-refractivity contribution in [1.29, 1.82) is 0 Å². The van der Waals surface area contributed by atoms with Crippen LogP contribution in [0.5, 0.6) is 0 Å². The number of carboxylic acid groups (broad SMARTS) is 1. The first-order chi connectivity index (χ1) is 34.3. The summed E-state index contributed by atoms with van der Waals surface area (Å²) in [5, 5.41) is 68.7. The quantitative estimate of drug-likeness (QED) is 0.0211. The number of aliphatic carboxylic acids is 1. The van der Waals surface area contributed by atoms with E-state index in [2.05, 4.69) is 31.4 Å². The number of hydrogen-bond donors (Lipinski definition) is 8. The van der Waals surface area contributed by atoms with Crippen molar-refractivity contribution in [3.8, 4) is 0 Å². The van der Waals surface area contributed by atoms with Crippen LogP contribution in [0.4, 0.5) is 0 Å². The number of esters is 1. The molecule has 1 rings (SSSR count). The summed E-state index contributed by atoms with van der Waals surface area (Å²) >= 11 is 0. The highest BCUT2D eigenvalue weighted by atomic mass is 16.7. The van der Waals surface area contributed by atoms with Crippen LogP contribution < -0.4 is 10.6 Å². The van der Waals surface area contributed by atoms with E-state index in [1.807, 2.05) is 0 Å². The fraction of sp³-hybridized carbons (Fsp3) is 0.909. The van der Waals surface area contributed by atoms with Crippen molar-refractivity contribution in [2.45, 2.75) is 294 Å². The number of carboxylic acids is 1. The topological polar surface area (TPSA) is 258 Å². The lowest BCUT2D eigenvalue weighted by atomic mass is 9.96. The molecule has 1 saturated heterocycles. The van der Waals surface area contributed by atoms with E-state index in [0.717, 1.165) is 77.0 Å². The predicted molar refractivity (Wildman–Crippen MR) is 276 cm³/mol. The Morgan fingerprint density at radius 2 is 0.915 bits per heavy atom. The lowest BCUT2D eigenvalue weighted by Crippen LogP contribution is -2.65. The molecule has 1 aliphatic heterocycles. The van der Waals surface area contributed by atoms with Gasteiger partial charge in [0.25, 0.3) is 0 Å². The van der Waals surface area contributed by atoms with Gasteiger partial charge in [0.1, 0.15) is 42.5 Å². The van der Waals surface area contributed by atoms with Crippen LogP contribution in [0.2, 0.25) is 0 Å². The highest BCUT2D eigenvalue weighted by Crippen LogP contribution is 2.26. The van der Waals surface area contributed by atoms with E-state index in [1.54, 1.807) is 0 Å². The van der Waals surface area contributed by atoms with Crippen LogP contribution in [0.3, 0.4) is 0 Å². The largest absolute Gasteiger partial charge is 0.480 e. The third kappa shape index (κ3) is 34.7. The third-order valence-corrected chi connectivity index (χ3v) is 13.6. The molecule has 8 N–H and O–H groups in total. The maximum absolute atomic E-state index is 13.4. The summed E-state index contributed by atoms with van der Waals surface area (Å²) in [5.74, 6) is -3.83. The zero-order chi connectivity index (χ0) is 52.5. The van der Waals surface area contributed by atoms with E-state index in [0.29, 0.717) is 19.3 Å². The normalized spacial score (nSPS) is 19.8. The number of aliphatic hydroxyl groups excluding tert-OH is 5. The third-order valence-electron chi connectivity index (χ3n) is 13.6. The smallest absolute Gasteiger partial charge is 0.321 e. The van der Waals surface area contributed by atoms with Gasteiger partial charge in [-0.25, -0.2) is 0 Å². The molecular weight excluding hydrogens is 913 g/mol. The molecule has 1 aliphatic rings. The fourth-order valence-corrected chi connectivity index (χ4v) is 9.20. The van der Waals surface area contributed by atoms with Crippen LogP contribution in [-0.2, 0) is 38.2 Å². The van der Waals surface area contributed by atoms with Crippen molar-refractivity contribution >= 4 is 29.3 Å². The maximum Gasteiger partial charge on any atom is 0.321 e. The van der Waals surface area contributed by atoms with E-state index < -0.39 is 110 Å². The molecule has 0 aromatic carbocycles. The van der Waals surface area contributed by atoms with Gasteiger partial charge in [0.15, 0.2) is 5.78 Å². The maximum atomic E-state index is 13.4. The average Bonchev–Trinajstić information content (AvgIpc) is 3.33. The van der Waals surface area contributed by atoms with E-state index in [4.69, 9.17) is 14.2 Å². The number of aliphatic hydroxyl groups is 5. The molecule has 1 fully saturated rings. The number of carbonyl (C=O) groups excluding carboxylic acids is 4. The number of carbonyl (C=O) groups is 5. The Morgan fingerprint density at radius 3 is 1.31 bits per heavy atom. The van der Waals surface area contributed by atoms with Gasteiger partial charge in [-0.05, 0) is 19.3 Å². The van der Waals surface area contributed by atoms with Crippen molar-refractivity contribution in [3.05, 3.63) is 0 Å². The monoisotopic (exact) mass is 1010 g/mol. The van der Waals surface area contributed by atoms with Gasteiger partial charge in [-0.15, -0.1) is 0 Å². The standard InChI is InChI=1S/C55H102N2O14/c1-4-7-10-13-16-19-22-25-28-31-42(59)34-45(62)38-56-48(54(67)68)37-50(65)71-55-51(57-39-46(63)35-43(60)32-29-26-23-20-17-14-11-8-5-2)53(52(66)49(40-58)70-55)69-41-47(64)36-44(61)33-30-27-24-21-18-15-12-9-6-3/h42-44,48-49,51-53,55-61,66H,4-41H2,1-3H3,(H,67,68)/t42-,43-,44-,48-,49-,51-,52-,53-,55?/m1/s1. The molecule has 0 aromatic heterocycles. The Morgan fingerprint density at radius 1 is 0.535 bits per heavy atom. The number of unbranched alkanes of at least 4 members (excludes halogenated alkanes) is 24. The van der Waals surface area contributed by atoms with Gasteiger partial charge in [0, 0.05) is 19.3 Å². The van der Waals surface area contributed by atoms with Crippen LogP contribution in [0.1, 0.15) is 239 Å². The first-order valence-electron chi connectivity index (χ1n) is 28.3. The number of ether oxygens (including phenoxy) is 3. The molecule has 416 valence electrons. The number of Topliss-reactive ketones (excluding diaryl/α,β-unsaturated/α-hetero) is 3. The van der Waals surface area contributed by atoms with Gasteiger partial charge in [0.05, 0.1) is 50.5 Å². The van der Waals surface area contributed by atoms with Crippen molar-refractivity contribution in [2.75, 3.05) is 26.3 Å². The Balaban J connectivity index is 2.92. The van der Waals surface area contributed by atoms with Crippen LogP contribution in [-0.4, -0.2) is 141 Å². The van der Waals surface area contributed by atoms with Crippen molar-refractivity contribution < 1.29 is 68.8 Å². The number of ketones is 3. The number of rotatable bonds is 50. The number of nitrogens with one attached hydrogen (secondary N) is 2. The molecule has 16 nitrogen and oxygen atoms in total. The molecule has 0 aromatic rings. The summed E-state index contributed by atoms with van der Waals surface area (Å²) in [7, 11) is 0. The Kier molecular flexibility index (Phi) is 41.2. The summed E-state index contributed by atoms with van der Waals surface area (Å²) < 4.78 is 17.3. The van der Waals surface area contributed by atoms with E-state index in [9.17, 15) is 54.6 Å². The van der Waals surface area contributed by atoms with Crippen LogP contribution in [0.25, 0.3) is 0 Å². The lowest BCUT2D eigenvalue weighted by Gasteiger charge is -2.43. The average molecular weight is 1020 g/mol. The second-order valence-corrected chi connectivity index (χ2v) is 20.4. The molecule has 0 aliphatic carbocycles. The summed E-state index contributed by atoms with van der Waals surface area (Å²) in [4.78, 5) is 64.7. The minimum absolute atomic E-state index is 0.174.